The van der Waals surface area contributed by atoms with Gasteiger partial charge in [0.25, 0.3) is 0 Å². The van der Waals surface area contributed by atoms with Gasteiger partial charge in [0.15, 0.2) is 0 Å². The highest BCUT2D eigenvalue weighted by Crippen LogP contribution is 2.42. The first kappa shape index (κ1) is 15.3. The van der Waals surface area contributed by atoms with Crippen LogP contribution in [-0.2, 0) is 0 Å². The Bertz CT molecular complexity index is 222. The number of hydrogen-bond acceptors (Lipinski definition) is 3. The van der Waals surface area contributed by atoms with Gasteiger partial charge in [-0.1, -0.05) is 26.7 Å². The minimum absolute atomic E-state index is 0.283. The maximum absolute atomic E-state index is 6.18. The molecule has 0 heterocycles. The Balaban J connectivity index is 2.83. The van der Waals surface area contributed by atoms with Crippen molar-refractivity contribution in [2.24, 2.45) is 11.7 Å². The SMILES string of the molecule is CCC(CSC)N(C)C1(CN)CCCC1CC. The van der Waals surface area contributed by atoms with E-state index in [4.69, 9.17) is 5.73 Å². The van der Waals surface area contributed by atoms with Crippen LogP contribution in [0.2, 0.25) is 0 Å². The molecule has 102 valence electrons. The molecule has 17 heavy (non-hydrogen) atoms. The normalized spacial score (nSPS) is 31.1. The quantitative estimate of drug-likeness (QED) is 0.761. The molecule has 0 bridgehead atoms. The van der Waals surface area contributed by atoms with Crippen LogP contribution in [0.5, 0.6) is 0 Å². The highest BCUT2D eigenvalue weighted by atomic mass is 32.2. The molecule has 0 spiro atoms. The molecule has 2 N–H and O–H groups in total. The minimum atomic E-state index is 0.283. The fraction of sp³-hybridized carbons (Fsp3) is 1.00. The van der Waals surface area contributed by atoms with Crippen LogP contribution < -0.4 is 5.73 Å². The molecule has 3 unspecified atom stereocenters. The number of rotatable bonds is 7. The van der Waals surface area contributed by atoms with Crippen LogP contribution in [0.15, 0.2) is 0 Å². The van der Waals surface area contributed by atoms with Crippen molar-refractivity contribution in [1.29, 1.82) is 0 Å². The molecule has 3 atom stereocenters. The number of likely N-dealkylation sites (N-methyl/N-ethyl adjacent to an activating group) is 1. The third kappa shape index (κ3) is 2.99. The Labute approximate surface area is 112 Å². The van der Waals surface area contributed by atoms with E-state index in [1.165, 1.54) is 37.9 Å². The molecule has 0 aromatic heterocycles. The van der Waals surface area contributed by atoms with E-state index in [2.05, 4.69) is 32.1 Å². The van der Waals surface area contributed by atoms with Crippen LogP contribution >= 0.6 is 11.8 Å². The molecular formula is C14H30N2S. The molecule has 1 rings (SSSR count). The van der Waals surface area contributed by atoms with Crippen LogP contribution in [0.25, 0.3) is 0 Å². The average molecular weight is 258 g/mol. The lowest BCUT2D eigenvalue weighted by atomic mass is 9.82. The van der Waals surface area contributed by atoms with Crippen molar-refractivity contribution in [3.05, 3.63) is 0 Å². The Morgan fingerprint density at radius 2 is 2.18 bits per heavy atom. The maximum atomic E-state index is 6.18. The highest BCUT2D eigenvalue weighted by Gasteiger charge is 2.45. The third-order valence-corrected chi connectivity index (χ3v) is 5.57. The molecule has 0 aliphatic heterocycles. The van der Waals surface area contributed by atoms with E-state index in [9.17, 15) is 0 Å². The second-order valence-electron chi connectivity index (χ2n) is 5.43. The van der Waals surface area contributed by atoms with E-state index in [1.807, 2.05) is 11.8 Å². The van der Waals surface area contributed by atoms with Crippen LogP contribution in [0.1, 0.15) is 46.0 Å². The third-order valence-electron chi connectivity index (χ3n) is 4.85. The molecule has 0 amide bonds. The molecule has 1 aliphatic carbocycles. The first-order chi connectivity index (χ1) is 8.16. The number of nitrogens with zero attached hydrogens (tertiary/aromatic N) is 1. The monoisotopic (exact) mass is 258 g/mol. The summed E-state index contributed by atoms with van der Waals surface area (Å²) in [6.07, 6.45) is 8.73. The summed E-state index contributed by atoms with van der Waals surface area (Å²) in [6.45, 7) is 5.45. The predicted molar refractivity (Wildman–Crippen MR) is 79.6 cm³/mol. The van der Waals surface area contributed by atoms with Gasteiger partial charge in [0.2, 0.25) is 0 Å². The van der Waals surface area contributed by atoms with Gasteiger partial charge in [-0.2, -0.15) is 11.8 Å². The number of nitrogens with two attached hydrogens (primary N) is 1. The summed E-state index contributed by atoms with van der Waals surface area (Å²) in [5.41, 5.74) is 6.46. The lowest BCUT2D eigenvalue weighted by Gasteiger charge is -2.46. The number of hydrogen-bond donors (Lipinski definition) is 1. The lowest BCUT2D eigenvalue weighted by Crippen LogP contribution is -2.58. The lowest BCUT2D eigenvalue weighted by molar-refractivity contribution is 0.0483. The predicted octanol–water partition coefficient (Wildman–Crippen LogP) is 2.97. The molecule has 1 saturated carbocycles. The van der Waals surface area contributed by atoms with Crippen molar-refractivity contribution in [2.45, 2.75) is 57.5 Å². The molecule has 1 aliphatic rings. The van der Waals surface area contributed by atoms with Crippen LogP contribution in [-0.4, -0.2) is 42.1 Å². The second kappa shape index (κ2) is 7.01. The summed E-state index contributed by atoms with van der Waals surface area (Å²) < 4.78 is 0. The van der Waals surface area contributed by atoms with Crippen LogP contribution in [0, 0.1) is 5.92 Å². The van der Waals surface area contributed by atoms with Gasteiger partial charge in [0.05, 0.1) is 0 Å². The van der Waals surface area contributed by atoms with E-state index >= 15 is 0 Å². The Kier molecular flexibility index (Phi) is 6.32. The standard InChI is InChI=1S/C14H30N2S/c1-5-12-8-7-9-14(12,11-15)16(3)13(6-2)10-17-4/h12-13H,5-11,15H2,1-4H3. The van der Waals surface area contributed by atoms with E-state index in [1.54, 1.807) is 0 Å². The summed E-state index contributed by atoms with van der Waals surface area (Å²) in [4.78, 5) is 2.63. The van der Waals surface area contributed by atoms with Crippen molar-refractivity contribution in [3.8, 4) is 0 Å². The molecule has 0 saturated heterocycles. The maximum Gasteiger partial charge on any atom is 0.0359 e. The van der Waals surface area contributed by atoms with Gasteiger partial charge in [-0.3, -0.25) is 4.90 Å². The Morgan fingerprint density at radius 3 is 2.65 bits per heavy atom. The smallest absolute Gasteiger partial charge is 0.0359 e. The molecule has 1 fully saturated rings. The molecule has 3 heteroatoms. The van der Waals surface area contributed by atoms with Gasteiger partial charge in [-0.15, -0.1) is 0 Å². The van der Waals surface area contributed by atoms with Crippen molar-refractivity contribution in [1.82, 2.24) is 4.90 Å². The molecule has 0 aromatic rings. The van der Waals surface area contributed by atoms with Crippen molar-refractivity contribution in [3.63, 3.8) is 0 Å². The fourth-order valence-electron chi connectivity index (χ4n) is 3.65. The summed E-state index contributed by atoms with van der Waals surface area (Å²) in [5.74, 6) is 2.03. The van der Waals surface area contributed by atoms with Gasteiger partial charge in [-0.05, 0) is 38.5 Å². The van der Waals surface area contributed by atoms with Crippen LogP contribution in [0.4, 0.5) is 0 Å². The van der Waals surface area contributed by atoms with E-state index < -0.39 is 0 Å². The zero-order chi connectivity index (χ0) is 12.9. The summed E-state index contributed by atoms with van der Waals surface area (Å²) >= 11 is 1.96. The first-order valence-corrected chi connectivity index (χ1v) is 8.47. The van der Waals surface area contributed by atoms with E-state index in [0.717, 1.165) is 12.5 Å². The van der Waals surface area contributed by atoms with Gasteiger partial charge < -0.3 is 5.73 Å². The summed E-state index contributed by atoms with van der Waals surface area (Å²) in [7, 11) is 2.31. The van der Waals surface area contributed by atoms with Crippen molar-refractivity contribution in [2.75, 3.05) is 25.6 Å². The van der Waals surface area contributed by atoms with Crippen LogP contribution in [0.3, 0.4) is 0 Å². The summed E-state index contributed by atoms with van der Waals surface area (Å²) in [5, 5.41) is 0. The van der Waals surface area contributed by atoms with Gasteiger partial charge in [0.1, 0.15) is 0 Å². The molecule has 2 nitrogen and oxygen atoms in total. The average Bonchev–Trinajstić information content (AvgIpc) is 2.79. The first-order valence-electron chi connectivity index (χ1n) is 7.08. The van der Waals surface area contributed by atoms with Gasteiger partial charge in [-0.25, -0.2) is 0 Å². The second-order valence-corrected chi connectivity index (χ2v) is 6.34. The topological polar surface area (TPSA) is 29.3 Å². The molecule has 0 radical (unpaired) electrons. The van der Waals surface area contributed by atoms with E-state index in [-0.39, 0.29) is 5.54 Å². The van der Waals surface area contributed by atoms with Crippen molar-refractivity contribution >= 4 is 11.8 Å². The minimum Gasteiger partial charge on any atom is -0.329 e. The summed E-state index contributed by atoms with van der Waals surface area (Å²) in [6, 6.07) is 0.681. The zero-order valence-electron chi connectivity index (χ0n) is 12.0. The Hall–Kier alpha value is 0.270. The van der Waals surface area contributed by atoms with Gasteiger partial charge in [0, 0.05) is 23.9 Å². The highest BCUT2D eigenvalue weighted by molar-refractivity contribution is 7.98. The molecule has 0 aromatic carbocycles. The molecular weight excluding hydrogens is 228 g/mol. The zero-order valence-corrected chi connectivity index (χ0v) is 12.9. The van der Waals surface area contributed by atoms with Crippen molar-refractivity contribution < 1.29 is 0 Å². The Morgan fingerprint density at radius 1 is 1.47 bits per heavy atom. The largest absolute Gasteiger partial charge is 0.329 e. The number of thioether (sulfide) groups is 1. The van der Waals surface area contributed by atoms with E-state index in [0.29, 0.717) is 6.04 Å². The fourth-order valence-corrected chi connectivity index (χ4v) is 4.49. The van der Waals surface area contributed by atoms with Gasteiger partial charge >= 0.3 is 0 Å².